The summed E-state index contributed by atoms with van der Waals surface area (Å²) in [6, 6.07) is 32.7. The van der Waals surface area contributed by atoms with E-state index in [9.17, 15) is 28.2 Å². The van der Waals surface area contributed by atoms with Crippen LogP contribution in [-0.2, 0) is 38.4 Å². The average Bonchev–Trinajstić information content (AvgIpc) is 4.35. The second-order valence-electron chi connectivity index (χ2n) is 20.9. The fourth-order valence-electron chi connectivity index (χ4n) is 11.2. The van der Waals surface area contributed by atoms with Crippen molar-refractivity contribution in [2.24, 2.45) is 11.8 Å². The number of nitrogens with zero attached hydrogens (tertiary/aromatic N) is 8. The summed E-state index contributed by atoms with van der Waals surface area (Å²) in [5.74, 6) is -0.888. The average molecular weight is 1100 g/mol. The normalized spacial score (nSPS) is 22.1. The topological polar surface area (TPSA) is 234 Å². The summed E-state index contributed by atoms with van der Waals surface area (Å²) in [4.78, 5) is 46.8. The molecule has 80 heavy (non-hydrogen) atoms. The molecular weight excluding hydrogens is 1030 g/mol. The first-order chi connectivity index (χ1) is 38.4. The van der Waals surface area contributed by atoms with Crippen LogP contribution < -0.4 is 15.4 Å². The van der Waals surface area contributed by atoms with Crippen LogP contribution in [0, 0.1) is 11.8 Å². The Morgan fingerprint density at radius 3 is 1.77 bits per heavy atom. The lowest BCUT2D eigenvalue weighted by atomic mass is 9.95. The molecule has 8 atom stereocenters. The number of aliphatic hydroxyl groups is 2. The van der Waals surface area contributed by atoms with Crippen molar-refractivity contribution in [3.63, 3.8) is 0 Å². The number of fused-ring (bicyclic) bond motifs is 5. The van der Waals surface area contributed by atoms with E-state index in [0.29, 0.717) is 24.7 Å². The number of carboxylic acid groups (broad SMARTS) is 1. The Kier molecular flexibility index (Phi) is 16.1. The van der Waals surface area contributed by atoms with Crippen molar-refractivity contribution in [3.05, 3.63) is 151 Å². The number of amides is 1. The largest absolute Gasteiger partial charge is 0.497 e. The maximum absolute atomic E-state index is 11.3. The smallest absolute Gasteiger partial charge is 0.490 e. The molecule has 2 aliphatic carbocycles. The van der Waals surface area contributed by atoms with E-state index >= 15 is 0 Å². The molecule has 5 N–H and O–H groups in total. The molecule has 9 aromatic rings. The molecule has 3 aliphatic rings. The number of carbonyl (C=O) groups excluding carboxylic acids is 1. The minimum atomic E-state index is -5.08. The molecule has 1 aliphatic heterocycles. The highest BCUT2D eigenvalue weighted by molar-refractivity contribution is 5.90. The molecule has 6 aromatic heterocycles. The molecule has 18 nitrogen and oxygen atoms in total. The zero-order valence-corrected chi connectivity index (χ0v) is 44.4. The van der Waals surface area contributed by atoms with E-state index in [2.05, 4.69) is 94.8 Å². The Hall–Kier alpha value is -8.11. The molecule has 21 heteroatoms. The summed E-state index contributed by atoms with van der Waals surface area (Å²) in [6.07, 6.45) is 9.26. The number of aliphatic carboxylic acids is 1. The van der Waals surface area contributed by atoms with Gasteiger partial charge in [0.05, 0.1) is 42.4 Å². The highest BCUT2D eigenvalue weighted by Crippen LogP contribution is 2.49. The lowest BCUT2D eigenvalue weighted by molar-refractivity contribution is -0.192. The van der Waals surface area contributed by atoms with E-state index in [1.807, 2.05) is 73.3 Å². The number of pyridine rings is 2. The summed E-state index contributed by atoms with van der Waals surface area (Å²) in [5.41, 5.74) is 7.11. The van der Waals surface area contributed by atoms with E-state index in [1.165, 1.54) is 24.4 Å². The molecule has 0 radical (unpaired) electrons. The number of halogens is 3. The van der Waals surface area contributed by atoms with Gasteiger partial charge in [0.2, 0.25) is 5.91 Å². The Morgan fingerprint density at radius 1 is 0.688 bits per heavy atom. The van der Waals surface area contributed by atoms with Gasteiger partial charge in [-0.25, -0.2) is 34.7 Å². The van der Waals surface area contributed by atoms with Gasteiger partial charge < -0.3 is 49.3 Å². The number of ether oxygens (including phenoxy) is 3. The number of benzene rings is 3. The van der Waals surface area contributed by atoms with Crippen LogP contribution in [0.15, 0.2) is 135 Å². The van der Waals surface area contributed by atoms with Crippen molar-refractivity contribution < 1.29 is 52.3 Å². The van der Waals surface area contributed by atoms with Gasteiger partial charge in [0.25, 0.3) is 0 Å². The second-order valence-corrected chi connectivity index (χ2v) is 20.9. The predicted octanol–water partition coefficient (Wildman–Crippen LogP) is 9.80. The summed E-state index contributed by atoms with van der Waals surface area (Å²) in [6.45, 7) is 6.20. The van der Waals surface area contributed by atoms with Crippen molar-refractivity contribution in [3.8, 4) is 5.75 Å². The number of nitrogens with one attached hydrogen (secondary N) is 2. The van der Waals surface area contributed by atoms with Crippen LogP contribution in [0.5, 0.6) is 5.75 Å². The van der Waals surface area contributed by atoms with Gasteiger partial charge in [0, 0.05) is 59.8 Å². The summed E-state index contributed by atoms with van der Waals surface area (Å²) >= 11 is 0. The van der Waals surface area contributed by atoms with Crippen LogP contribution >= 0.6 is 0 Å². The van der Waals surface area contributed by atoms with E-state index < -0.39 is 30.1 Å². The molecule has 1 amide bonds. The fraction of sp³-hybridized carbons (Fsp3) is 0.356. The van der Waals surface area contributed by atoms with Gasteiger partial charge in [0.15, 0.2) is 5.79 Å². The van der Waals surface area contributed by atoms with Gasteiger partial charge in [-0.05, 0) is 142 Å². The second kappa shape index (κ2) is 23.3. The highest BCUT2D eigenvalue weighted by atomic mass is 19.4. The maximum atomic E-state index is 11.3. The van der Waals surface area contributed by atoms with E-state index in [-0.39, 0.29) is 36.1 Å². The lowest BCUT2D eigenvalue weighted by Crippen LogP contribution is -2.29. The number of carbonyl (C=O) groups is 2. The minimum Gasteiger partial charge on any atom is -0.497 e. The number of anilines is 2. The van der Waals surface area contributed by atoms with Gasteiger partial charge in [-0.2, -0.15) is 13.2 Å². The van der Waals surface area contributed by atoms with Crippen molar-refractivity contribution in [1.82, 2.24) is 39.0 Å². The van der Waals surface area contributed by atoms with Gasteiger partial charge in [-0.15, -0.1) is 0 Å². The number of hydrogen-bond donors (Lipinski definition) is 5. The molecule has 3 aromatic carbocycles. The summed E-state index contributed by atoms with van der Waals surface area (Å²) in [5, 5.41) is 38.9. The van der Waals surface area contributed by atoms with Gasteiger partial charge >= 0.3 is 12.1 Å². The molecule has 12 rings (SSSR count). The van der Waals surface area contributed by atoms with Crippen LogP contribution in [0.1, 0.15) is 75.2 Å². The van der Waals surface area contributed by atoms with Crippen molar-refractivity contribution >= 4 is 67.4 Å². The van der Waals surface area contributed by atoms with Crippen LogP contribution in [-0.4, -0.2) is 110 Å². The van der Waals surface area contributed by atoms with Crippen LogP contribution in [0.4, 0.5) is 24.8 Å². The molecule has 2 saturated carbocycles. The zero-order valence-electron chi connectivity index (χ0n) is 44.4. The molecule has 0 spiro atoms. The summed E-state index contributed by atoms with van der Waals surface area (Å²) < 4.78 is 54.2. The monoisotopic (exact) mass is 1090 g/mol. The lowest BCUT2D eigenvalue weighted by Gasteiger charge is -2.24. The van der Waals surface area contributed by atoms with Gasteiger partial charge in [-0.1, -0.05) is 36.4 Å². The third-order valence-corrected chi connectivity index (χ3v) is 15.1. The first-order valence-corrected chi connectivity index (χ1v) is 26.4. The van der Waals surface area contributed by atoms with Crippen LogP contribution in [0.25, 0.3) is 43.9 Å². The number of aryl methyl sites for hydroxylation is 2. The highest BCUT2D eigenvalue weighted by Gasteiger charge is 2.54. The Morgan fingerprint density at radius 2 is 1.20 bits per heavy atom. The third-order valence-electron chi connectivity index (χ3n) is 15.1. The number of carboxylic acids is 1. The molecule has 3 fully saturated rings. The quantitative estimate of drug-likeness (QED) is 0.0723. The SMILES string of the molecule is CC(=O)Nc1ccc2ccc(CC[C@H]3C[C@@H](n4ccc5cncnc54)[C@H](O)[C@@H]3O)cc2n1.COc1ccc(CNc2ccc3ccc(CC[C@H]4C[C@@H](n5ccc6cncnc65)[C@@H]5OC(C)(C)O[C@H]45)cc3n2)cc1.O=C(O)C(F)(F)F. The number of hydrogen-bond acceptors (Lipinski definition) is 14. The Bertz CT molecular complexity index is 3650. The number of aromatic nitrogens is 8. The Labute approximate surface area is 458 Å². The molecule has 1 saturated heterocycles. The molecular formula is C59H61F3N10O8. The summed E-state index contributed by atoms with van der Waals surface area (Å²) in [7, 11) is 1.68. The van der Waals surface area contributed by atoms with Crippen molar-refractivity contribution in [2.75, 3.05) is 17.7 Å². The van der Waals surface area contributed by atoms with Crippen LogP contribution in [0.2, 0.25) is 0 Å². The standard InChI is InChI=1S/C33H35N5O3.C24H25N5O3.C2HF3O2/c1-33(2)40-30-24(17-28(31(30)41-33)38-15-14-25-19-34-20-36-32(25)38)9-5-21-4-8-23-10-13-29(37-27(23)16-21)35-18-22-6-11-26(39-3)12-7-22;1-14(30)27-21-7-6-16-4-2-15(10-19(16)28-21)3-5-17-11-20(23(32)22(17)31)29-9-8-18-12-25-13-26-24(18)29;3-2(4,5)1(6)7/h4,6-8,10-16,19-20,24,28,30-31H,5,9,17-18H2,1-3H3,(H,35,37);2,4,6-10,12-13,17,20,22-23,31-32H,3,5,11H2,1H3,(H,27,28,30);(H,6,7)/t24-,28+,30+,31-;17-,20+,22+,23-;/m00./s1. The van der Waals surface area contributed by atoms with Gasteiger partial charge in [-0.3, -0.25) is 4.79 Å². The first-order valence-electron chi connectivity index (χ1n) is 26.4. The number of rotatable bonds is 13. The third kappa shape index (κ3) is 12.5. The Balaban J connectivity index is 0.000000165. The number of aliphatic hydroxyl groups excluding tert-OH is 2. The predicted molar refractivity (Wildman–Crippen MR) is 294 cm³/mol. The molecule has 0 unspecified atom stereocenters. The molecule has 416 valence electrons. The molecule has 7 heterocycles. The number of methoxy groups -OCH3 is 1. The first kappa shape index (κ1) is 55.2. The van der Waals surface area contributed by atoms with E-state index in [4.69, 9.17) is 29.1 Å². The zero-order chi connectivity index (χ0) is 56.3. The minimum absolute atomic E-state index is 0.00169. The maximum Gasteiger partial charge on any atom is 0.490 e. The number of alkyl halides is 3. The fourth-order valence-corrected chi connectivity index (χ4v) is 11.2. The molecule has 0 bridgehead atoms. The van der Waals surface area contributed by atoms with Gasteiger partial charge in [0.1, 0.15) is 53.5 Å². The van der Waals surface area contributed by atoms with Crippen LogP contribution in [0.3, 0.4) is 0 Å². The van der Waals surface area contributed by atoms with Crippen molar-refractivity contribution in [2.45, 2.75) is 114 Å². The van der Waals surface area contributed by atoms with Crippen molar-refractivity contribution in [1.29, 1.82) is 0 Å². The van der Waals surface area contributed by atoms with E-state index in [1.54, 1.807) is 25.7 Å². The van der Waals surface area contributed by atoms with E-state index in [0.717, 1.165) is 93.1 Å².